The number of para-hydroxylation sites is 1. The van der Waals surface area contributed by atoms with Crippen LogP contribution in [0.25, 0.3) is 0 Å². The van der Waals surface area contributed by atoms with Gasteiger partial charge in [0.1, 0.15) is 0 Å². The maximum atomic E-state index is 2.57. The third kappa shape index (κ3) is 2.71. The Labute approximate surface area is 111 Å². The zero-order chi connectivity index (χ0) is 12.2. The SMILES string of the molecule is c1ccc(N2CCC(C3CCCCC3)CC2)cc1. The molecule has 0 radical (unpaired) electrons. The molecule has 1 saturated heterocycles. The Morgan fingerprint density at radius 1 is 0.722 bits per heavy atom. The molecule has 1 aromatic carbocycles. The lowest BCUT2D eigenvalue weighted by atomic mass is 9.76. The molecule has 0 N–H and O–H groups in total. The molecule has 1 saturated carbocycles. The maximum Gasteiger partial charge on any atom is 0.0366 e. The summed E-state index contributed by atoms with van der Waals surface area (Å²) in [6.07, 6.45) is 10.3. The topological polar surface area (TPSA) is 3.24 Å². The largest absolute Gasteiger partial charge is 0.372 e. The van der Waals surface area contributed by atoms with Crippen molar-refractivity contribution in [2.24, 2.45) is 11.8 Å². The van der Waals surface area contributed by atoms with Crippen LogP contribution < -0.4 is 4.90 Å². The van der Waals surface area contributed by atoms with Gasteiger partial charge in [-0.15, -0.1) is 0 Å². The highest BCUT2D eigenvalue weighted by molar-refractivity contribution is 5.46. The van der Waals surface area contributed by atoms with Gasteiger partial charge in [-0.05, 0) is 36.8 Å². The highest BCUT2D eigenvalue weighted by atomic mass is 15.1. The molecule has 0 atom stereocenters. The van der Waals surface area contributed by atoms with E-state index >= 15 is 0 Å². The standard InChI is InChI=1S/C17H25N/c1-3-7-15(8-4-1)16-11-13-18(14-12-16)17-9-5-2-6-10-17/h2,5-6,9-10,15-16H,1,3-4,7-8,11-14H2. The molecule has 98 valence electrons. The van der Waals surface area contributed by atoms with Gasteiger partial charge in [0.05, 0.1) is 0 Å². The van der Waals surface area contributed by atoms with Gasteiger partial charge in [0.25, 0.3) is 0 Å². The molecule has 2 fully saturated rings. The number of nitrogens with zero attached hydrogens (tertiary/aromatic N) is 1. The average molecular weight is 243 g/mol. The van der Waals surface area contributed by atoms with Gasteiger partial charge in [0.2, 0.25) is 0 Å². The van der Waals surface area contributed by atoms with Gasteiger partial charge in [-0.3, -0.25) is 0 Å². The Hall–Kier alpha value is -0.980. The summed E-state index contributed by atoms with van der Waals surface area (Å²) >= 11 is 0. The summed E-state index contributed by atoms with van der Waals surface area (Å²) in [5, 5.41) is 0. The van der Waals surface area contributed by atoms with E-state index in [-0.39, 0.29) is 0 Å². The van der Waals surface area contributed by atoms with E-state index in [1.807, 2.05) is 0 Å². The lowest BCUT2D eigenvalue weighted by Gasteiger charge is -2.38. The predicted octanol–water partition coefficient (Wildman–Crippen LogP) is 4.48. The van der Waals surface area contributed by atoms with Crippen molar-refractivity contribution in [3.05, 3.63) is 30.3 Å². The fourth-order valence-electron chi connectivity index (χ4n) is 3.87. The minimum Gasteiger partial charge on any atom is -0.372 e. The molecule has 1 heterocycles. The molecule has 1 aromatic rings. The summed E-state index contributed by atoms with van der Waals surface area (Å²) in [7, 11) is 0. The summed E-state index contributed by atoms with van der Waals surface area (Å²) < 4.78 is 0. The first-order valence-corrected chi connectivity index (χ1v) is 7.73. The second kappa shape index (κ2) is 5.77. The Morgan fingerprint density at radius 3 is 2.00 bits per heavy atom. The monoisotopic (exact) mass is 243 g/mol. The van der Waals surface area contributed by atoms with Gasteiger partial charge in [-0.1, -0.05) is 50.3 Å². The number of benzene rings is 1. The molecule has 0 amide bonds. The molecule has 1 aliphatic heterocycles. The van der Waals surface area contributed by atoms with E-state index in [2.05, 4.69) is 35.2 Å². The number of rotatable bonds is 2. The van der Waals surface area contributed by atoms with E-state index in [1.54, 1.807) is 0 Å². The molecule has 0 unspecified atom stereocenters. The second-order valence-corrected chi connectivity index (χ2v) is 6.06. The number of piperidine rings is 1. The minimum atomic E-state index is 1.02. The van der Waals surface area contributed by atoms with Gasteiger partial charge in [0.15, 0.2) is 0 Å². The lowest BCUT2D eigenvalue weighted by Crippen LogP contribution is -2.36. The van der Waals surface area contributed by atoms with Gasteiger partial charge >= 0.3 is 0 Å². The van der Waals surface area contributed by atoms with Crippen LogP contribution in [0.15, 0.2) is 30.3 Å². The fraction of sp³-hybridized carbons (Fsp3) is 0.647. The van der Waals surface area contributed by atoms with Gasteiger partial charge < -0.3 is 4.90 Å². The number of anilines is 1. The molecule has 0 spiro atoms. The molecule has 1 nitrogen and oxygen atoms in total. The van der Waals surface area contributed by atoms with Crippen molar-refractivity contribution in [1.82, 2.24) is 0 Å². The van der Waals surface area contributed by atoms with Crippen LogP contribution in [0.3, 0.4) is 0 Å². The van der Waals surface area contributed by atoms with Crippen molar-refractivity contribution in [1.29, 1.82) is 0 Å². The van der Waals surface area contributed by atoms with Crippen LogP contribution in [0.4, 0.5) is 5.69 Å². The van der Waals surface area contributed by atoms with Crippen LogP contribution in [-0.2, 0) is 0 Å². The zero-order valence-corrected chi connectivity index (χ0v) is 11.4. The lowest BCUT2D eigenvalue weighted by molar-refractivity contribution is 0.213. The number of hydrogen-bond donors (Lipinski definition) is 0. The van der Waals surface area contributed by atoms with E-state index in [9.17, 15) is 0 Å². The molecule has 18 heavy (non-hydrogen) atoms. The first-order chi connectivity index (χ1) is 8.93. The van der Waals surface area contributed by atoms with Gasteiger partial charge in [-0.25, -0.2) is 0 Å². The van der Waals surface area contributed by atoms with Crippen LogP contribution in [0.2, 0.25) is 0 Å². The van der Waals surface area contributed by atoms with E-state index < -0.39 is 0 Å². The van der Waals surface area contributed by atoms with Crippen LogP contribution in [0, 0.1) is 11.8 Å². The Balaban J connectivity index is 1.54. The van der Waals surface area contributed by atoms with Crippen LogP contribution >= 0.6 is 0 Å². The molecular weight excluding hydrogens is 218 g/mol. The Bertz CT molecular complexity index is 345. The Kier molecular flexibility index (Phi) is 3.87. The highest BCUT2D eigenvalue weighted by Gasteiger charge is 2.27. The third-order valence-electron chi connectivity index (χ3n) is 4.98. The fourth-order valence-corrected chi connectivity index (χ4v) is 3.87. The van der Waals surface area contributed by atoms with Crippen molar-refractivity contribution in [2.45, 2.75) is 44.9 Å². The first kappa shape index (κ1) is 12.1. The molecule has 0 aromatic heterocycles. The van der Waals surface area contributed by atoms with Gasteiger partial charge in [0, 0.05) is 18.8 Å². The van der Waals surface area contributed by atoms with Crippen molar-refractivity contribution >= 4 is 5.69 Å². The van der Waals surface area contributed by atoms with Crippen molar-refractivity contribution in [3.63, 3.8) is 0 Å². The normalized spacial score (nSPS) is 23.2. The van der Waals surface area contributed by atoms with E-state index in [1.165, 1.54) is 63.7 Å². The van der Waals surface area contributed by atoms with Crippen molar-refractivity contribution in [3.8, 4) is 0 Å². The van der Waals surface area contributed by atoms with E-state index in [4.69, 9.17) is 0 Å². The summed E-state index contributed by atoms with van der Waals surface area (Å²) in [4.78, 5) is 2.57. The Morgan fingerprint density at radius 2 is 1.33 bits per heavy atom. The molecule has 2 aliphatic rings. The zero-order valence-electron chi connectivity index (χ0n) is 11.4. The molecule has 1 heteroatoms. The second-order valence-electron chi connectivity index (χ2n) is 6.06. The predicted molar refractivity (Wildman–Crippen MR) is 78.0 cm³/mol. The minimum absolute atomic E-state index is 1.02. The first-order valence-electron chi connectivity index (χ1n) is 7.73. The smallest absolute Gasteiger partial charge is 0.0366 e. The maximum absolute atomic E-state index is 2.57. The molecular formula is C17H25N. The van der Waals surface area contributed by atoms with Crippen LogP contribution in [0.5, 0.6) is 0 Å². The highest BCUT2D eigenvalue weighted by Crippen LogP contribution is 2.36. The van der Waals surface area contributed by atoms with Crippen molar-refractivity contribution in [2.75, 3.05) is 18.0 Å². The average Bonchev–Trinajstić information content (AvgIpc) is 2.49. The third-order valence-corrected chi connectivity index (χ3v) is 4.98. The van der Waals surface area contributed by atoms with E-state index in [0.29, 0.717) is 0 Å². The van der Waals surface area contributed by atoms with Crippen LogP contribution in [-0.4, -0.2) is 13.1 Å². The summed E-state index contributed by atoms with van der Waals surface area (Å²) in [6.45, 7) is 2.54. The molecule has 3 rings (SSSR count). The summed E-state index contributed by atoms with van der Waals surface area (Å²) in [5.74, 6) is 2.07. The molecule has 1 aliphatic carbocycles. The summed E-state index contributed by atoms with van der Waals surface area (Å²) in [5.41, 5.74) is 1.42. The van der Waals surface area contributed by atoms with Gasteiger partial charge in [-0.2, -0.15) is 0 Å². The molecule has 0 bridgehead atoms. The number of hydrogen-bond acceptors (Lipinski definition) is 1. The van der Waals surface area contributed by atoms with E-state index in [0.717, 1.165) is 11.8 Å². The van der Waals surface area contributed by atoms with Crippen LogP contribution in [0.1, 0.15) is 44.9 Å². The van der Waals surface area contributed by atoms with Crippen molar-refractivity contribution < 1.29 is 0 Å². The quantitative estimate of drug-likeness (QED) is 0.740. The summed E-state index contributed by atoms with van der Waals surface area (Å²) in [6, 6.07) is 10.9.